The fourth-order valence-corrected chi connectivity index (χ4v) is 2.12. The maximum Gasteiger partial charge on any atom is 0.329 e. The number of carbonyl (C=O) groups is 4. The van der Waals surface area contributed by atoms with Gasteiger partial charge in [0.1, 0.15) is 6.04 Å². The van der Waals surface area contributed by atoms with Crippen LogP contribution in [0.5, 0.6) is 0 Å². The van der Waals surface area contributed by atoms with Crippen molar-refractivity contribution in [2.75, 3.05) is 13.7 Å². The van der Waals surface area contributed by atoms with Gasteiger partial charge in [0.2, 0.25) is 0 Å². The van der Waals surface area contributed by atoms with Gasteiger partial charge in [-0.05, 0) is 36.6 Å². The van der Waals surface area contributed by atoms with Gasteiger partial charge in [-0.1, -0.05) is 25.4 Å². The molecular weight excluding hydrogens is 362 g/mol. The van der Waals surface area contributed by atoms with Crippen LogP contribution in [-0.2, 0) is 14.3 Å². The molecule has 0 heterocycles. The van der Waals surface area contributed by atoms with Gasteiger partial charge in [0.25, 0.3) is 11.8 Å². The second kappa shape index (κ2) is 10.4. The summed E-state index contributed by atoms with van der Waals surface area (Å²) in [4.78, 5) is 47.0. The largest absolute Gasteiger partial charge is 0.454 e. The number of urea groups is 1. The van der Waals surface area contributed by atoms with Crippen LogP contribution in [0.3, 0.4) is 0 Å². The third kappa shape index (κ3) is 7.52. The Morgan fingerprint density at radius 3 is 2.27 bits per heavy atom. The van der Waals surface area contributed by atoms with E-state index in [1.807, 2.05) is 19.2 Å². The van der Waals surface area contributed by atoms with Crippen LogP contribution in [0.25, 0.3) is 0 Å². The third-order valence-electron chi connectivity index (χ3n) is 3.23. The summed E-state index contributed by atoms with van der Waals surface area (Å²) in [5, 5.41) is 7.25. The van der Waals surface area contributed by atoms with Crippen molar-refractivity contribution in [3.8, 4) is 0 Å². The number of nitrogens with one attached hydrogen (secondary N) is 3. The number of rotatable bonds is 7. The lowest BCUT2D eigenvalue weighted by molar-refractivity contribution is -0.150. The number of imide groups is 1. The van der Waals surface area contributed by atoms with E-state index in [0.717, 1.165) is 0 Å². The summed E-state index contributed by atoms with van der Waals surface area (Å²) in [6, 6.07) is 4.57. The van der Waals surface area contributed by atoms with Gasteiger partial charge >= 0.3 is 12.0 Å². The molecule has 0 aromatic heterocycles. The van der Waals surface area contributed by atoms with Crippen molar-refractivity contribution in [1.29, 1.82) is 0 Å². The molecule has 0 aliphatic carbocycles. The minimum Gasteiger partial charge on any atom is -0.454 e. The molecule has 0 radical (unpaired) electrons. The van der Waals surface area contributed by atoms with Crippen LogP contribution in [0.2, 0.25) is 5.02 Å². The first-order valence-electron chi connectivity index (χ1n) is 7.97. The molecule has 1 aromatic rings. The van der Waals surface area contributed by atoms with Gasteiger partial charge in [-0.15, -0.1) is 0 Å². The highest BCUT2D eigenvalue weighted by Crippen LogP contribution is 2.11. The molecule has 0 spiro atoms. The Bertz CT molecular complexity index is 661. The Kier molecular flexibility index (Phi) is 8.57. The van der Waals surface area contributed by atoms with Crippen LogP contribution >= 0.6 is 11.6 Å². The van der Waals surface area contributed by atoms with E-state index in [0.29, 0.717) is 17.0 Å². The maximum atomic E-state index is 12.3. The van der Waals surface area contributed by atoms with Crippen LogP contribution in [0.1, 0.15) is 30.6 Å². The zero-order valence-corrected chi connectivity index (χ0v) is 15.6. The number of benzene rings is 1. The molecule has 0 saturated heterocycles. The highest BCUT2D eigenvalue weighted by atomic mass is 35.5. The van der Waals surface area contributed by atoms with Gasteiger partial charge in [-0.2, -0.15) is 0 Å². The van der Waals surface area contributed by atoms with Crippen LogP contribution < -0.4 is 16.0 Å². The van der Waals surface area contributed by atoms with Crippen molar-refractivity contribution in [1.82, 2.24) is 16.0 Å². The van der Waals surface area contributed by atoms with Crippen molar-refractivity contribution >= 4 is 35.4 Å². The van der Waals surface area contributed by atoms with Gasteiger partial charge in [-0.25, -0.2) is 9.59 Å². The number of hydrogen-bond acceptors (Lipinski definition) is 5. The number of amides is 4. The van der Waals surface area contributed by atoms with E-state index >= 15 is 0 Å². The number of ether oxygens (including phenoxy) is 1. The quantitative estimate of drug-likeness (QED) is 0.617. The van der Waals surface area contributed by atoms with Crippen molar-refractivity contribution in [3.05, 3.63) is 34.9 Å². The monoisotopic (exact) mass is 383 g/mol. The van der Waals surface area contributed by atoms with Gasteiger partial charge in [0.15, 0.2) is 6.61 Å². The molecule has 8 nitrogen and oxygen atoms in total. The number of hydrogen-bond donors (Lipinski definition) is 3. The van der Waals surface area contributed by atoms with E-state index in [1.54, 1.807) is 12.1 Å². The molecule has 0 aliphatic heterocycles. The Labute approximate surface area is 156 Å². The fraction of sp³-hybridized carbons (Fsp3) is 0.412. The van der Waals surface area contributed by atoms with E-state index in [1.165, 1.54) is 19.2 Å². The van der Waals surface area contributed by atoms with Crippen LogP contribution in [0.4, 0.5) is 4.79 Å². The topological polar surface area (TPSA) is 114 Å². The molecule has 0 saturated carbocycles. The van der Waals surface area contributed by atoms with Gasteiger partial charge in [0, 0.05) is 17.6 Å². The van der Waals surface area contributed by atoms with Gasteiger partial charge in [0.05, 0.1) is 0 Å². The smallest absolute Gasteiger partial charge is 0.329 e. The summed E-state index contributed by atoms with van der Waals surface area (Å²) in [5.74, 6) is -1.89. The standard InChI is InChI=1S/C17H22ClN3O5/c1-10(2)8-13(16(24)26-9-14(22)21-17(25)19-3)20-15(23)11-4-6-12(18)7-5-11/h4-7,10,13H,8-9H2,1-3H3,(H,20,23)(H2,19,21,22,25)/t13-/m1/s1. The molecule has 26 heavy (non-hydrogen) atoms. The molecule has 1 aromatic carbocycles. The molecule has 1 rings (SSSR count). The predicted octanol–water partition coefficient (Wildman–Crippen LogP) is 1.48. The number of carbonyl (C=O) groups excluding carboxylic acids is 4. The Balaban J connectivity index is 2.68. The van der Waals surface area contributed by atoms with E-state index in [4.69, 9.17) is 16.3 Å². The zero-order chi connectivity index (χ0) is 19.7. The van der Waals surface area contributed by atoms with Crippen LogP contribution in [0.15, 0.2) is 24.3 Å². The molecule has 0 aliphatic rings. The lowest BCUT2D eigenvalue weighted by atomic mass is 10.0. The molecule has 4 amide bonds. The molecule has 9 heteroatoms. The van der Waals surface area contributed by atoms with Crippen molar-refractivity contribution in [2.24, 2.45) is 5.92 Å². The average molecular weight is 384 g/mol. The van der Waals surface area contributed by atoms with E-state index in [2.05, 4.69) is 10.6 Å². The van der Waals surface area contributed by atoms with Gasteiger partial charge in [-0.3, -0.25) is 14.9 Å². The first-order chi connectivity index (χ1) is 12.2. The van der Waals surface area contributed by atoms with E-state index in [-0.39, 0.29) is 5.92 Å². The highest BCUT2D eigenvalue weighted by Gasteiger charge is 2.25. The minimum atomic E-state index is -0.925. The summed E-state index contributed by atoms with van der Waals surface area (Å²) in [7, 11) is 1.35. The Morgan fingerprint density at radius 1 is 1.12 bits per heavy atom. The summed E-state index contributed by atoms with van der Waals surface area (Å²) < 4.78 is 4.90. The lowest BCUT2D eigenvalue weighted by Gasteiger charge is -2.19. The molecule has 0 fully saturated rings. The number of esters is 1. The normalized spacial score (nSPS) is 11.4. The molecule has 0 unspecified atom stereocenters. The molecule has 1 atom stereocenters. The predicted molar refractivity (Wildman–Crippen MR) is 95.7 cm³/mol. The molecular formula is C17H22ClN3O5. The molecule has 0 bridgehead atoms. The maximum absolute atomic E-state index is 12.3. The highest BCUT2D eigenvalue weighted by molar-refractivity contribution is 6.30. The first-order valence-corrected chi connectivity index (χ1v) is 8.35. The summed E-state index contributed by atoms with van der Waals surface area (Å²) in [6.45, 7) is 3.14. The zero-order valence-electron chi connectivity index (χ0n) is 14.8. The van der Waals surface area contributed by atoms with Crippen LogP contribution in [-0.4, -0.2) is 43.5 Å². The van der Waals surface area contributed by atoms with Gasteiger partial charge < -0.3 is 15.4 Å². The van der Waals surface area contributed by atoms with Crippen LogP contribution in [0, 0.1) is 5.92 Å². The number of halogens is 1. The Morgan fingerprint density at radius 2 is 1.73 bits per heavy atom. The summed E-state index contributed by atoms with van der Waals surface area (Å²) in [5.41, 5.74) is 0.341. The third-order valence-corrected chi connectivity index (χ3v) is 3.48. The first kappa shape index (κ1) is 21.4. The van der Waals surface area contributed by atoms with E-state index < -0.39 is 36.5 Å². The summed E-state index contributed by atoms with van der Waals surface area (Å²) >= 11 is 5.79. The molecule has 3 N–H and O–H groups in total. The summed E-state index contributed by atoms with van der Waals surface area (Å²) in [6.07, 6.45) is 0.329. The van der Waals surface area contributed by atoms with Crippen molar-refractivity contribution in [3.63, 3.8) is 0 Å². The lowest BCUT2D eigenvalue weighted by Crippen LogP contribution is -2.44. The second-order valence-electron chi connectivity index (χ2n) is 5.90. The second-order valence-corrected chi connectivity index (χ2v) is 6.33. The average Bonchev–Trinajstić information content (AvgIpc) is 2.59. The Hall–Kier alpha value is -2.61. The minimum absolute atomic E-state index is 0.0952. The van der Waals surface area contributed by atoms with E-state index in [9.17, 15) is 19.2 Å². The SMILES string of the molecule is CNC(=O)NC(=O)COC(=O)[C@@H](CC(C)C)NC(=O)c1ccc(Cl)cc1. The fourth-order valence-electron chi connectivity index (χ4n) is 1.99. The molecule has 142 valence electrons. The van der Waals surface area contributed by atoms with Crippen molar-refractivity contribution in [2.45, 2.75) is 26.3 Å². The van der Waals surface area contributed by atoms with Crippen molar-refractivity contribution < 1.29 is 23.9 Å².